The molecule has 0 aliphatic heterocycles. The molecule has 2 rings (SSSR count). The molecule has 0 saturated heterocycles. The van der Waals surface area contributed by atoms with Crippen LogP contribution in [0.4, 0.5) is 0 Å². The van der Waals surface area contributed by atoms with Crippen molar-refractivity contribution in [1.29, 1.82) is 0 Å². The maximum Gasteiger partial charge on any atom is 0.127 e. The Balaban J connectivity index is 2.13. The highest BCUT2D eigenvalue weighted by molar-refractivity contribution is 5.41. The molecule has 1 aliphatic carbocycles. The molecule has 1 aromatic carbocycles. The van der Waals surface area contributed by atoms with Gasteiger partial charge in [-0.2, -0.15) is 0 Å². The van der Waals surface area contributed by atoms with Crippen molar-refractivity contribution in [3.8, 4) is 5.75 Å². The number of ether oxygens (including phenoxy) is 1. The molecule has 2 atom stereocenters. The van der Waals surface area contributed by atoms with Gasteiger partial charge in [-0.1, -0.05) is 31.5 Å². The molecular formula is C16H25NO2. The molecule has 106 valence electrons. The van der Waals surface area contributed by atoms with Gasteiger partial charge in [-0.25, -0.2) is 0 Å². The quantitative estimate of drug-likeness (QED) is 0.858. The van der Waals surface area contributed by atoms with Crippen LogP contribution in [0.1, 0.15) is 43.7 Å². The molecule has 2 unspecified atom stereocenters. The van der Waals surface area contributed by atoms with Gasteiger partial charge in [0.1, 0.15) is 11.9 Å². The van der Waals surface area contributed by atoms with Crippen LogP contribution < -0.4 is 10.1 Å². The normalized spacial score (nSPS) is 23.3. The second-order valence-corrected chi connectivity index (χ2v) is 5.35. The lowest BCUT2D eigenvalue weighted by molar-refractivity contribution is 0.00602. The molecule has 3 nitrogen and oxygen atoms in total. The van der Waals surface area contributed by atoms with Gasteiger partial charge < -0.3 is 15.2 Å². The molecule has 0 aromatic heterocycles. The summed E-state index contributed by atoms with van der Waals surface area (Å²) in [5.74, 6) is 0.953. The highest BCUT2D eigenvalue weighted by atomic mass is 16.5. The minimum absolute atomic E-state index is 0.0461. The monoisotopic (exact) mass is 263 g/mol. The lowest BCUT2D eigenvalue weighted by Crippen LogP contribution is -2.35. The predicted molar refractivity (Wildman–Crippen MR) is 77.5 cm³/mol. The smallest absolute Gasteiger partial charge is 0.127 e. The highest BCUT2D eigenvalue weighted by Crippen LogP contribution is 2.29. The maximum absolute atomic E-state index is 10.0. The second-order valence-electron chi connectivity index (χ2n) is 5.35. The van der Waals surface area contributed by atoms with Gasteiger partial charge in [0, 0.05) is 12.1 Å². The van der Waals surface area contributed by atoms with Gasteiger partial charge in [0.15, 0.2) is 0 Å². The van der Waals surface area contributed by atoms with E-state index in [0.29, 0.717) is 0 Å². The van der Waals surface area contributed by atoms with Crippen LogP contribution in [0.25, 0.3) is 0 Å². The molecule has 1 saturated carbocycles. The van der Waals surface area contributed by atoms with Crippen LogP contribution in [-0.4, -0.2) is 23.9 Å². The fourth-order valence-corrected chi connectivity index (χ4v) is 2.65. The van der Waals surface area contributed by atoms with Crippen molar-refractivity contribution < 1.29 is 9.84 Å². The second kappa shape index (κ2) is 6.92. The Labute approximate surface area is 116 Å². The molecule has 0 amide bonds. The molecule has 19 heavy (non-hydrogen) atoms. The number of nitrogens with one attached hydrogen (secondary N) is 1. The first kappa shape index (κ1) is 14.4. The number of benzene rings is 1. The van der Waals surface area contributed by atoms with Crippen LogP contribution in [0.5, 0.6) is 5.75 Å². The Morgan fingerprint density at radius 2 is 2.11 bits per heavy atom. The minimum Gasteiger partial charge on any atom is -0.487 e. The van der Waals surface area contributed by atoms with E-state index in [0.717, 1.165) is 50.1 Å². The molecule has 0 bridgehead atoms. The molecule has 0 heterocycles. The summed E-state index contributed by atoms with van der Waals surface area (Å²) in [6.45, 7) is 5.93. The average Bonchev–Trinajstić information content (AvgIpc) is 2.41. The van der Waals surface area contributed by atoms with Crippen LogP contribution in [0.2, 0.25) is 0 Å². The van der Waals surface area contributed by atoms with E-state index in [4.69, 9.17) is 4.74 Å². The summed E-state index contributed by atoms with van der Waals surface area (Å²) in [6, 6.07) is 6.23. The van der Waals surface area contributed by atoms with Crippen LogP contribution in [0.3, 0.4) is 0 Å². The van der Waals surface area contributed by atoms with Crippen molar-refractivity contribution >= 4 is 0 Å². The van der Waals surface area contributed by atoms with E-state index in [9.17, 15) is 5.11 Å². The number of hydrogen-bond donors (Lipinski definition) is 2. The molecule has 1 aliphatic rings. The van der Waals surface area contributed by atoms with Gasteiger partial charge in [-0.15, -0.1) is 0 Å². The van der Waals surface area contributed by atoms with E-state index in [1.807, 2.05) is 0 Å². The number of aliphatic hydroxyl groups excluding tert-OH is 1. The van der Waals surface area contributed by atoms with E-state index in [1.54, 1.807) is 0 Å². The van der Waals surface area contributed by atoms with Crippen LogP contribution in [0.15, 0.2) is 18.2 Å². The highest BCUT2D eigenvalue weighted by Gasteiger charge is 2.25. The summed E-state index contributed by atoms with van der Waals surface area (Å²) in [5.41, 5.74) is 2.33. The van der Waals surface area contributed by atoms with Gasteiger partial charge in [0.25, 0.3) is 0 Å². The summed E-state index contributed by atoms with van der Waals surface area (Å²) >= 11 is 0. The first-order chi connectivity index (χ1) is 9.22. The Hall–Kier alpha value is -1.06. The molecule has 3 heteroatoms. The van der Waals surface area contributed by atoms with E-state index in [2.05, 4.69) is 37.4 Å². The lowest BCUT2D eigenvalue weighted by atomic mass is 9.94. The molecule has 0 radical (unpaired) electrons. The standard InChI is InChI=1S/C16H25NO2/c1-3-17-11-13-8-6-7-12(2)16(13)19-15-10-5-4-9-14(15)18/h6-8,14-15,17-18H,3-5,9-11H2,1-2H3. The Morgan fingerprint density at radius 1 is 1.32 bits per heavy atom. The van der Waals surface area contributed by atoms with Crippen molar-refractivity contribution in [3.63, 3.8) is 0 Å². The van der Waals surface area contributed by atoms with E-state index in [1.165, 1.54) is 5.56 Å². The first-order valence-corrected chi connectivity index (χ1v) is 7.36. The SMILES string of the molecule is CCNCc1cccc(C)c1OC1CCCCC1O. The fourth-order valence-electron chi connectivity index (χ4n) is 2.65. The van der Waals surface area contributed by atoms with Crippen LogP contribution in [0, 0.1) is 6.92 Å². The van der Waals surface area contributed by atoms with Crippen LogP contribution >= 0.6 is 0 Å². The number of hydrogen-bond acceptors (Lipinski definition) is 3. The average molecular weight is 263 g/mol. The zero-order valence-electron chi connectivity index (χ0n) is 12.0. The first-order valence-electron chi connectivity index (χ1n) is 7.36. The molecule has 1 fully saturated rings. The third-order valence-corrected chi connectivity index (χ3v) is 3.80. The van der Waals surface area contributed by atoms with Gasteiger partial charge in [0.2, 0.25) is 0 Å². The number of aryl methyl sites for hydroxylation is 1. The lowest BCUT2D eigenvalue weighted by Gasteiger charge is -2.29. The van der Waals surface area contributed by atoms with Crippen molar-refractivity contribution in [1.82, 2.24) is 5.32 Å². The third kappa shape index (κ3) is 3.71. The minimum atomic E-state index is -0.319. The third-order valence-electron chi connectivity index (χ3n) is 3.80. The van der Waals surface area contributed by atoms with Gasteiger partial charge in [0.05, 0.1) is 6.10 Å². The van der Waals surface area contributed by atoms with Gasteiger partial charge >= 0.3 is 0 Å². The number of aliphatic hydroxyl groups is 1. The van der Waals surface area contributed by atoms with Crippen LogP contribution in [-0.2, 0) is 6.54 Å². The summed E-state index contributed by atoms with van der Waals surface area (Å²) < 4.78 is 6.14. The van der Waals surface area contributed by atoms with E-state index in [-0.39, 0.29) is 12.2 Å². The predicted octanol–water partition coefficient (Wildman–Crippen LogP) is 2.79. The van der Waals surface area contributed by atoms with Crippen molar-refractivity contribution in [2.24, 2.45) is 0 Å². The zero-order chi connectivity index (χ0) is 13.7. The summed E-state index contributed by atoms with van der Waals surface area (Å²) in [7, 11) is 0. The van der Waals surface area contributed by atoms with E-state index < -0.39 is 0 Å². The Bertz CT molecular complexity index is 406. The number of para-hydroxylation sites is 1. The topological polar surface area (TPSA) is 41.5 Å². The largest absolute Gasteiger partial charge is 0.487 e. The Morgan fingerprint density at radius 3 is 2.84 bits per heavy atom. The van der Waals surface area contributed by atoms with Gasteiger partial charge in [-0.05, 0) is 38.3 Å². The molecule has 2 N–H and O–H groups in total. The van der Waals surface area contributed by atoms with Crippen molar-refractivity contribution in [2.75, 3.05) is 6.54 Å². The summed E-state index contributed by atoms with van der Waals surface area (Å²) in [6.07, 6.45) is 3.71. The van der Waals surface area contributed by atoms with Crippen molar-refractivity contribution in [3.05, 3.63) is 29.3 Å². The molecule has 1 aromatic rings. The maximum atomic E-state index is 10.0. The fraction of sp³-hybridized carbons (Fsp3) is 0.625. The van der Waals surface area contributed by atoms with Gasteiger partial charge in [-0.3, -0.25) is 0 Å². The zero-order valence-corrected chi connectivity index (χ0v) is 12.0. The van der Waals surface area contributed by atoms with E-state index >= 15 is 0 Å². The molecule has 0 spiro atoms. The molecular weight excluding hydrogens is 238 g/mol. The number of rotatable bonds is 5. The Kier molecular flexibility index (Phi) is 5.23. The summed E-state index contributed by atoms with van der Waals surface area (Å²) in [4.78, 5) is 0. The summed E-state index contributed by atoms with van der Waals surface area (Å²) in [5, 5.41) is 13.4. The van der Waals surface area contributed by atoms with Crippen molar-refractivity contribution in [2.45, 2.75) is 58.3 Å².